The maximum atomic E-state index is 14.7. The van der Waals surface area contributed by atoms with Crippen LogP contribution in [0.5, 0.6) is 11.5 Å². The van der Waals surface area contributed by atoms with Crippen LogP contribution in [0, 0.1) is 24.5 Å². The van der Waals surface area contributed by atoms with Gasteiger partial charge in [-0.1, -0.05) is 48.0 Å². The van der Waals surface area contributed by atoms with Crippen molar-refractivity contribution < 1.29 is 32.6 Å². The number of esters is 1. The van der Waals surface area contributed by atoms with Gasteiger partial charge in [-0.2, -0.15) is 0 Å². The number of halogens is 3. The van der Waals surface area contributed by atoms with Crippen molar-refractivity contribution in [2.45, 2.75) is 76.5 Å². The number of carbonyl (C=O) groups is 2. The highest BCUT2D eigenvalue weighted by atomic mass is 35.5. The van der Waals surface area contributed by atoms with Crippen molar-refractivity contribution in [3.63, 3.8) is 0 Å². The van der Waals surface area contributed by atoms with Crippen LogP contribution in [0.15, 0.2) is 60.2 Å². The average molecular weight is 679 g/mol. The zero-order valence-electron chi connectivity index (χ0n) is 27.5. The number of benzene rings is 3. The van der Waals surface area contributed by atoms with Gasteiger partial charge in [0.05, 0.1) is 26.7 Å². The number of amides is 1. The molecular weight excluding hydrogens is 638 g/mol. The summed E-state index contributed by atoms with van der Waals surface area (Å²) >= 11 is 5.88. The average Bonchev–Trinajstić information content (AvgIpc) is 3.94. The van der Waals surface area contributed by atoms with Crippen molar-refractivity contribution in [3.8, 4) is 11.5 Å². The molecule has 3 aromatic rings. The van der Waals surface area contributed by atoms with Gasteiger partial charge in [0.1, 0.15) is 16.6 Å². The number of piperidine rings is 1. The van der Waals surface area contributed by atoms with Crippen molar-refractivity contribution in [1.82, 2.24) is 10.2 Å². The second-order valence-electron chi connectivity index (χ2n) is 12.9. The van der Waals surface area contributed by atoms with Gasteiger partial charge in [-0.3, -0.25) is 9.59 Å². The second kappa shape index (κ2) is 14.7. The number of methoxy groups -OCH3 is 2. The van der Waals surface area contributed by atoms with Crippen LogP contribution in [0.25, 0.3) is 5.57 Å². The van der Waals surface area contributed by atoms with Crippen molar-refractivity contribution in [1.29, 1.82) is 0 Å². The molecule has 3 atom stereocenters. The van der Waals surface area contributed by atoms with Crippen LogP contribution in [0.2, 0.25) is 5.02 Å². The van der Waals surface area contributed by atoms with E-state index in [1.807, 2.05) is 42.2 Å². The lowest BCUT2D eigenvalue weighted by Gasteiger charge is -2.42. The monoisotopic (exact) mass is 678 g/mol. The summed E-state index contributed by atoms with van der Waals surface area (Å²) in [6.07, 6.45) is 4.91. The largest absolute Gasteiger partial charge is 0.496 e. The molecule has 3 aliphatic rings. The Morgan fingerprint density at radius 3 is 2.46 bits per heavy atom. The Morgan fingerprint density at radius 2 is 1.75 bits per heavy atom. The Morgan fingerprint density at radius 1 is 1.00 bits per heavy atom. The van der Waals surface area contributed by atoms with Crippen LogP contribution in [-0.4, -0.2) is 55.7 Å². The maximum Gasteiger partial charge on any atom is 0.308 e. The van der Waals surface area contributed by atoms with Crippen molar-refractivity contribution in [2.24, 2.45) is 5.92 Å². The summed E-state index contributed by atoms with van der Waals surface area (Å²) in [7, 11) is 3.07. The molecule has 0 unspecified atom stereocenters. The molecule has 7 nitrogen and oxygen atoms in total. The summed E-state index contributed by atoms with van der Waals surface area (Å²) in [6.45, 7) is 2.67. The first kappa shape index (κ1) is 33.9. The molecule has 1 N–H and O–H groups in total. The fourth-order valence-corrected chi connectivity index (χ4v) is 7.28. The van der Waals surface area contributed by atoms with E-state index < -0.39 is 11.6 Å². The van der Waals surface area contributed by atoms with Crippen LogP contribution in [0.1, 0.15) is 60.8 Å². The van der Waals surface area contributed by atoms with Gasteiger partial charge in [0.2, 0.25) is 0 Å². The van der Waals surface area contributed by atoms with Crippen molar-refractivity contribution in [2.75, 3.05) is 20.8 Å². The molecular formula is C38H41ClF2N2O5. The Bertz CT molecular complexity index is 1710. The smallest absolute Gasteiger partial charge is 0.308 e. The molecule has 3 aromatic carbocycles. The van der Waals surface area contributed by atoms with E-state index in [1.54, 1.807) is 7.11 Å². The van der Waals surface area contributed by atoms with Gasteiger partial charge in [0.25, 0.3) is 5.91 Å². The Kier molecular flexibility index (Phi) is 10.4. The van der Waals surface area contributed by atoms with Gasteiger partial charge in [0.15, 0.2) is 11.6 Å². The van der Waals surface area contributed by atoms with E-state index in [9.17, 15) is 18.4 Å². The number of hydrogen-bond donors (Lipinski definition) is 1. The lowest BCUT2D eigenvalue weighted by Crippen LogP contribution is -2.54. The van der Waals surface area contributed by atoms with Gasteiger partial charge in [-0.15, -0.1) is 0 Å². The first-order valence-corrected chi connectivity index (χ1v) is 16.9. The summed E-state index contributed by atoms with van der Waals surface area (Å²) in [5, 5.41) is 3.30. The summed E-state index contributed by atoms with van der Waals surface area (Å²) in [5.41, 5.74) is 5.83. The normalized spacial score (nSPS) is 20.3. The lowest BCUT2D eigenvalue weighted by molar-refractivity contribution is -0.147. The van der Waals surface area contributed by atoms with E-state index in [4.69, 9.17) is 25.8 Å². The number of carbonyl (C=O) groups excluding carboxylic acids is 2. The molecule has 6 rings (SSSR count). The predicted molar refractivity (Wildman–Crippen MR) is 180 cm³/mol. The third kappa shape index (κ3) is 7.22. The van der Waals surface area contributed by atoms with E-state index in [-0.39, 0.29) is 53.3 Å². The fourth-order valence-electron chi connectivity index (χ4n) is 7.07. The van der Waals surface area contributed by atoms with E-state index >= 15 is 0 Å². The van der Waals surface area contributed by atoms with Gasteiger partial charge in [-0.25, -0.2) is 8.78 Å². The SMILES string of the molecule is COC(=O)[C@@H]1C[C@@H]2CC(c3ccc(CCCOc4c(F)ccc(F)c4Cl)cc3)=C(C(=O)N(Cc3cccc(OC)c3C)C3CC3)[C@H](C1)N2. The van der Waals surface area contributed by atoms with Gasteiger partial charge in [0, 0.05) is 30.2 Å². The number of rotatable bonds is 12. The van der Waals surface area contributed by atoms with E-state index in [0.29, 0.717) is 38.6 Å². The molecule has 2 aliphatic heterocycles. The Labute approximate surface area is 285 Å². The summed E-state index contributed by atoms with van der Waals surface area (Å²) in [6, 6.07) is 16.0. The van der Waals surface area contributed by atoms with Gasteiger partial charge < -0.3 is 24.4 Å². The molecule has 0 aromatic heterocycles. The predicted octanol–water partition coefficient (Wildman–Crippen LogP) is 7.21. The zero-order chi connectivity index (χ0) is 33.9. The first-order valence-electron chi connectivity index (χ1n) is 16.5. The van der Waals surface area contributed by atoms with Crippen molar-refractivity contribution >= 4 is 29.1 Å². The van der Waals surface area contributed by atoms with E-state index in [0.717, 1.165) is 64.1 Å². The number of ether oxygens (including phenoxy) is 3. The van der Waals surface area contributed by atoms with E-state index in [2.05, 4.69) is 17.4 Å². The molecule has 1 amide bonds. The molecule has 0 radical (unpaired) electrons. The minimum atomic E-state index is -0.727. The molecule has 2 heterocycles. The van der Waals surface area contributed by atoms with Crippen LogP contribution in [0.4, 0.5) is 8.78 Å². The third-order valence-corrected chi connectivity index (χ3v) is 10.1. The number of nitrogens with zero attached hydrogens (tertiary/aromatic N) is 1. The molecule has 10 heteroatoms. The van der Waals surface area contributed by atoms with Crippen LogP contribution in [0.3, 0.4) is 0 Å². The van der Waals surface area contributed by atoms with Crippen LogP contribution < -0.4 is 14.8 Å². The van der Waals surface area contributed by atoms with E-state index in [1.165, 1.54) is 7.11 Å². The van der Waals surface area contributed by atoms with Crippen molar-refractivity contribution in [3.05, 3.63) is 99.1 Å². The highest BCUT2D eigenvalue weighted by molar-refractivity contribution is 6.32. The fraction of sp³-hybridized carbons (Fsp3) is 0.421. The number of fused-ring (bicyclic) bond motifs is 2. The molecule has 1 aliphatic carbocycles. The lowest BCUT2D eigenvalue weighted by atomic mass is 9.74. The molecule has 1 saturated heterocycles. The molecule has 48 heavy (non-hydrogen) atoms. The molecule has 2 fully saturated rings. The number of aryl methyl sites for hydroxylation is 1. The summed E-state index contributed by atoms with van der Waals surface area (Å²) < 4.78 is 44.0. The third-order valence-electron chi connectivity index (χ3n) is 9.78. The first-order chi connectivity index (χ1) is 23.2. The molecule has 1 saturated carbocycles. The highest BCUT2D eigenvalue weighted by Crippen LogP contribution is 2.41. The Hall–Kier alpha value is -3.95. The minimum absolute atomic E-state index is 0.000604. The van der Waals surface area contributed by atoms with Gasteiger partial charge >= 0.3 is 5.97 Å². The number of hydrogen-bond acceptors (Lipinski definition) is 6. The molecule has 0 spiro atoms. The zero-order valence-corrected chi connectivity index (χ0v) is 28.2. The Balaban J connectivity index is 1.25. The summed E-state index contributed by atoms with van der Waals surface area (Å²) in [4.78, 5) is 29.4. The second-order valence-corrected chi connectivity index (χ2v) is 13.3. The standard InChI is InChI=1S/C38H41ClF2N2O5/c1-22-25(7-4-8-33(22)46-2)21-43(28-13-14-28)37(44)34-29(20-27-18-26(38(45)47-3)19-32(34)42-27)24-11-9-23(10-12-24)6-5-17-48-36-31(41)16-15-30(40)35(36)39/h4,7-12,15-16,26-28,32,42H,5-6,13-14,17-21H2,1-3H3/t26-,27-,32+/m1/s1. The topological polar surface area (TPSA) is 77.1 Å². The maximum absolute atomic E-state index is 14.7. The van der Waals surface area contributed by atoms with Crippen LogP contribution in [-0.2, 0) is 27.3 Å². The quantitative estimate of drug-likeness (QED) is 0.124. The molecule has 2 bridgehead atoms. The molecule has 254 valence electrons. The van der Waals surface area contributed by atoms with Crippen LogP contribution >= 0.6 is 11.6 Å². The summed E-state index contributed by atoms with van der Waals surface area (Å²) in [5.74, 6) is -1.41. The minimum Gasteiger partial charge on any atom is -0.496 e. The highest BCUT2D eigenvalue weighted by Gasteiger charge is 2.44. The number of nitrogens with one attached hydrogen (secondary N) is 1. The van der Waals surface area contributed by atoms with Gasteiger partial charge in [-0.05, 0) is 97.9 Å².